The van der Waals surface area contributed by atoms with Crippen LogP contribution in [0.3, 0.4) is 0 Å². The number of hydrogen-bond acceptors (Lipinski definition) is 4. The van der Waals surface area contributed by atoms with Crippen LogP contribution in [0.5, 0.6) is 11.5 Å². The van der Waals surface area contributed by atoms with Crippen molar-refractivity contribution in [2.45, 2.75) is 13.8 Å². The Bertz CT molecular complexity index is 647. The lowest BCUT2D eigenvalue weighted by Crippen LogP contribution is -2.51. The van der Waals surface area contributed by atoms with E-state index >= 15 is 0 Å². The van der Waals surface area contributed by atoms with Crippen LogP contribution < -0.4 is 9.47 Å². The van der Waals surface area contributed by atoms with Crippen LogP contribution in [0.1, 0.15) is 19.4 Å². The van der Waals surface area contributed by atoms with Crippen molar-refractivity contribution in [1.82, 2.24) is 9.80 Å². The first-order valence-corrected chi connectivity index (χ1v) is 8.44. The molecule has 1 aliphatic heterocycles. The van der Waals surface area contributed by atoms with Crippen LogP contribution in [-0.2, 0) is 9.59 Å². The van der Waals surface area contributed by atoms with Gasteiger partial charge in [-0.2, -0.15) is 0 Å². The molecule has 0 radical (unpaired) electrons. The number of carbonyl (C=O) groups is 2. The number of piperazine rings is 1. The predicted octanol–water partition coefficient (Wildman–Crippen LogP) is 2.04. The van der Waals surface area contributed by atoms with Crippen LogP contribution in [0.2, 0.25) is 0 Å². The van der Waals surface area contributed by atoms with Gasteiger partial charge in [0.05, 0.1) is 14.2 Å². The van der Waals surface area contributed by atoms with Crippen LogP contribution in [0, 0.1) is 5.92 Å². The quantitative estimate of drug-likeness (QED) is 0.766. The zero-order valence-corrected chi connectivity index (χ0v) is 15.3. The molecular formula is C19H26N2O4. The summed E-state index contributed by atoms with van der Waals surface area (Å²) in [7, 11) is 3.18. The van der Waals surface area contributed by atoms with Gasteiger partial charge in [0, 0.05) is 43.7 Å². The fourth-order valence-corrected chi connectivity index (χ4v) is 2.75. The molecule has 0 N–H and O–H groups in total. The Morgan fingerprint density at radius 3 is 2.24 bits per heavy atom. The molecule has 0 bridgehead atoms. The van der Waals surface area contributed by atoms with E-state index in [2.05, 4.69) is 0 Å². The molecule has 25 heavy (non-hydrogen) atoms. The Kier molecular flexibility index (Phi) is 6.44. The summed E-state index contributed by atoms with van der Waals surface area (Å²) in [5.74, 6) is 1.44. The molecule has 2 amide bonds. The number of ether oxygens (including phenoxy) is 2. The van der Waals surface area contributed by atoms with Crippen molar-refractivity contribution in [3.8, 4) is 11.5 Å². The lowest BCUT2D eigenvalue weighted by Gasteiger charge is -2.35. The average molecular weight is 346 g/mol. The van der Waals surface area contributed by atoms with Crippen molar-refractivity contribution in [3.63, 3.8) is 0 Å². The van der Waals surface area contributed by atoms with Crippen LogP contribution in [0.4, 0.5) is 0 Å². The molecular weight excluding hydrogens is 320 g/mol. The summed E-state index contributed by atoms with van der Waals surface area (Å²) in [4.78, 5) is 28.0. The molecule has 1 aliphatic rings. The summed E-state index contributed by atoms with van der Waals surface area (Å²) in [6.07, 6.45) is 3.27. The van der Waals surface area contributed by atoms with Crippen molar-refractivity contribution >= 4 is 17.9 Å². The molecule has 0 aliphatic carbocycles. The summed E-state index contributed by atoms with van der Waals surface area (Å²) in [6, 6.07) is 5.43. The van der Waals surface area contributed by atoms with Crippen LogP contribution >= 0.6 is 0 Å². The van der Waals surface area contributed by atoms with E-state index in [0.717, 1.165) is 5.56 Å². The molecule has 1 aromatic rings. The molecule has 136 valence electrons. The van der Waals surface area contributed by atoms with Gasteiger partial charge in [-0.25, -0.2) is 0 Å². The minimum Gasteiger partial charge on any atom is -0.497 e. The second kappa shape index (κ2) is 8.55. The zero-order valence-electron chi connectivity index (χ0n) is 15.3. The minimum atomic E-state index is -0.0680. The minimum absolute atomic E-state index is 0.0114. The van der Waals surface area contributed by atoms with Gasteiger partial charge in [0.25, 0.3) is 0 Å². The largest absolute Gasteiger partial charge is 0.497 e. The molecule has 1 heterocycles. The van der Waals surface area contributed by atoms with Crippen molar-refractivity contribution < 1.29 is 19.1 Å². The molecule has 0 spiro atoms. The van der Waals surface area contributed by atoms with E-state index < -0.39 is 0 Å². The molecule has 6 nitrogen and oxygen atoms in total. The predicted molar refractivity (Wildman–Crippen MR) is 96.6 cm³/mol. The fraction of sp³-hybridized carbons (Fsp3) is 0.474. The van der Waals surface area contributed by atoms with Gasteiger partial charge in [0.1, 0.15) is 11.5 Å². The Hall–Kier alpha value is -2.50. The Labute approximate surface area is 149 Å². The maximum Gasteiger partial charge on any atom is 0.246 e. The summed E-state index contributed by atoms with van der Waals surface area (Å²) < 4.78 is 10.5. The normalized spacial score (nSPS) is 14.9. The van der Waals surface area contributed by atoms with Crippen molar-refractivity contribution in [2.24, 2.45) is 5.92 Å². The van der Waals surface area contributed by atoms with Crippen molar-refractivity contribution in [3.05, 3.63) is 29.8 Å². The monoisotopic (exact) mass is 346 g/mol. The van der Waals surface area contributed by atoms with Crippen molar-refractivity contribution in [2.75, 3.05) is 40.4 Å². The van der Waals surface area contributed by atoms with Gasteiger partial charge in [0.15, 0.2) is 0 Å². The fourth-order valence-electron chi connectivity index (χ4n) is 2.75. The third-order valence-corrected chi connectivity index (χ3v) is 4.24. The summed E-state index contributed by atoms with van der Waals surface area (Å²) in [5.41, 5.74) is 0.781. The van der Waals surface area contributed by atoms with Gasteiger partial charge in [-0.15, -0.1) is 0 Å². The standard InChI is InChI=1S/C19H26N2O4/c1-14(2)19(23)21-11-9-20(10-12-21)18(22)8-5-15-13-16(24-3)6-7-17(15)25-4/h5-8,13-14H,9-12H2,1-4H3/b8-5+. The van der Waals surface area contributed by atoms with E-state index in [1.807, 2.05) is 30.9 Å². The molecule has 1 aromatic carbocycles. The average Bonchev–Trinajstić information content (AvgIpc) is 2.65. The Morgan fingerprint density at radius 1 is 1.04 bits per heavy atom. The Morgan fingerprint density at radius 2 is 1.68 bits per heavy atom. The number of nitrogens with zero attached hydrogens (tertiary/aromatic N) is 2. The molecule has 0 saturated carbocycles. The van der Waals surface area contributed by atoms with E-state index in [0.29, 0.717) is 37.7 Å². The molecule has 0 unspecified atom stereocenters. The third kappa shape index (κ3) is 4.75. The number of rotatable bonds is 5. The smallest absolute Gasteiger partial charge is 0.246 e. The van der Waals surface area contributed by atoms with E-state index in [1.165, 1.54) is 6.08 Å². The highest BCUT2D eigenvalue weighted by Crippen LogP contribution is 2.25. The summed E-state index contributed by atoms with van der Waals surface area (Å²) in [5, 5.41) is 0. The molecule has 0 aromatic heterocycles. The van der Waals surface area contributed by atoms with E-state index in [4.69, 9.17) is 9.47 Å². The first kappa shape index (κ1) is 18.8. The van der Waals surface area contributed by atoms with Crippen LogP contribution in [-0.4, -0.2) is 62.0 Å². The van der Waals surface area contributed by atoms with Gasteiger partial charge in [-0.1, -0.05) is 13.8 Å². The van der Waals surface area contributed by atoms with Gasteiger partial charge in [-0.05, 0) is 24.3 Å². The molecule has 1 fully saturated rings. The summed E-state index contributed by atoms with van der Waals surface area (Å²) in [6.45, 7) is 6.06. The van der Waals surface area contributed by atoms with Crippen LogP contribution in [0.25, 0.3) is 6.08 Å². The third-order valence-electron chi connectivity index (χ3n) is 4.24. The number of methoxy groups -OCH3 is 2. The second-order valence-corrected chi connectivity index (χ2v) is 6.25. The van der Waals surface area contributed by atoms with Gasteiger partial charge in [-0.3, -0.25) is 9.59 Å². The highest BCUT2D eigenvalue weighted by molar-refractivity contribution is 5.92. The first-order valence-electron chi connectivity index (χ1n) is 8.44. The lowest BCUT2D eigenvalue weighted by molar-refractivity contribution is -0.139. The van der Waals surface area contributed by atoms with E-state index in [9.17, 15) is 9.59 Å². The first-order chi connectivity index (χ1) is 12.0. The van der Waals surface area contributed by atoms with Crippen molar-refractivity contribution in [1.29, 1.82) is 0 Å². The number of benzene rings is 1. The van der Waals surface area contributed by atoms with E-state index in [-0.39, 0.29) is 17.7 Å². The topological polar surface area (TPSA) is 59.1 Å². The maximum absolute atomic E-state index is 12.4. The molecule has 2 rings (SSSR count). The molecule has 0 atom stereocenters. The molecule has 1 saturated heterocycles. The highest BCUT2D eigenvalue weighted by atomic mass is 16.5. The van der Waals surface area contributed by atoms with Gasteiger partial charge in [0.2, 0.25) is 11.8 Å². The van der Waals surface area contributed by atoms with Crippen LogP contribution in [0.15, 0.2) is 24.3 Å². The summed E-state index contributed by atoms with van der Waals surface area (Å²) >= 11 is 0. The highest BCUT2D eigenvalue weighted by Gasteiger charge is 2.24. The zero-order chi connectivity index (χ0) is 18.4. The number of hydrogen-bond donors (Lipinski definition) is 0. The maximum atomic E-state index is 12.4. The van der Waals surface area contributed by atoms with Gasteiger partial charge < -0.3 is 19.3 Å². The number of amides is 2. The lowest BCUT2D eigenvalue weighted by atomic mass is 10.1. The number of carbonyl (C=O) groups excluding carboxylic acids is 2. The second-order valence-electron chi connectivity index (χ2n) is 6.25. The Balaban J connectivity index is 1.99. The van der Waals surface area contributed by atoms with E-state index in [1.54, 1.807) is 31.3 Å². The SMILES string of the molecule is COc1ccc(OC)c(/C=C/C(=O)N2CCN(C(=O)C(C)C)CC2)c1. The molecule has 6 heteroatoms. The van der Waals surface area contributed by atoms with Gasteiger partial charge >= 0.3 is 0 Å².